The molecule has 0 bridgehead atoms. The zero-order valence-electron chi connectivity index (χ0n) is 10.7. The molecule has 2 nitrogen and oxygen atoms in total. The molecule has 1 aliphatic carbocycles. The Morgan fingerprint density at radius 3 is 2.72 bits per heavy atom. The van der Waals surface area contributed by atoms with Gasteiger partial charge in [0.1, 0.15) is 11.3 Å². The predicted molar refractivity (Wildman–Crippen MR) is 72.8 cm³/mol. The maximum Gasteiger partial charge on any atom is 0.134 e. The van der Waals surface area contributed by atoms with Gasteiger partial charge in [0.15, 0.2) is 0 Å². The van der Waals surface area contributed by atoms with Gasteiger partial charge in [-0.15, -0.1) is 0 Å². The molecule has 0 amide bonds. The summed E-state index contributed by atoms with van der Waals surface area (Å²) in [6.45, 7) is 2.39. The van der Waals surface area contributed by atoms with E-state index in [1.807, 2.05) is 0 Å². The van der Waals surface area contributed by atoms with Gasteiger partial charge in [-0.05, 0) is 25.3 Å². The van der Waals surface area contributed by atoms with E-state index in [0.717, 1.165) is 24.5 Å². The fourth-order valence-electron chi connectivity index (χ4n) is 3.35. The van der Waals surface area contributed by atoms with Crippen LogP contribution in [0.15, 0.2) is 28.7 Å². The van der Waals surface area contributed by atoms with Crippen molar-refractivity contribution in [3.63, 3.8) is 0 Å². The van der Waals surface area contributed by atoms with Gasteiger partial charge < -0.3 is 4.42 Å². The Morgan fingerprint density at radius 2 is 1.89 bits per heavy atom. The minimum atomic E-state index is 0.861. The fraction of sp³-hybridized carbons (Fsp3) is 0.500. The molecule has 0 unspecified atom stereocenters. The molecule has 1 aromatic heterocycles. The largest absolute Gasteiger partial charge is 0.461 e. The SMILES string of the molecule is c1ccc2c3c(oc2c1)CCN(C1CCC1)CC3. The maximum atomic E-state index is 6.02. The van der Waals surface area contributed by atoms with E-state index in [9.17, 15) is 0 Å². The lowest BCUT2D eigenvalue weighted by molar-refractivity contribution is 0.132. The fourth-order valence-corrected chi connectivity index (χ4v) is 3.35. The summed E-state index contributed by atoms with van der Waals surface area (Å²) in [7, 11) is 0. The highest BCUT2D eigenvalue weighted by Crippen LogP contribution is 2.31. The molecule has 94 valence electrons. The van der Waals surface area contributed by atoms with Crippen LogP contribution in [0.25, 0.3) is 11.0 Å². The van der Waals surface area contributed by atoms with Gasteiger partial charge in [0.2, 0.25) is 0 Å². The second-order valence-electron chi connectivity index (χ2n) is 5.62. The third-order valence-corrected chi connectivity index (χ3v) is 4.65. The minimum absolute atomic E-state index is 0.861. The Hall–Kier alpha value is -1.28. The van der Waals surface area contributed by atoms with Gasteiger partial charge in [-0.25, -0.2) is 0 Å². The minimum Gasteiger partial charge on any atom is -0.461 e. The van der Waals surface area contributed by atoms with E-state index in [1.54, 1.807) is 0 Å². The van der Waals surface area contributed by atoms with E-state index in [2.05, 4.69) is 29.2 Å². The molecule has 0 spiro atoms. The first kappa shape index (κ1) is 10.6. The lowest BCUT2D eigenvalue weighted by Crippen LogP contribution is -2.41. The molecule has 1 aromatic carbocycles. The molecule has 2 aromatic rings. The summed E-state index contributed by atoms with van der Waals surface area (Å²) in [6, 6.07) is 9.34. The first-order chi connectivity index (χ1) is 8.92. The number of nitrogens with zero attached hydrogens (tertiary/aromatic N) is 1. The van der Waals surface area contributed by atoms with Crippen LogP contribution in [0.1, 0.15) is 30.6 Å². The molecule has 2 heterocycles. The summed E-state index contributed by atoms with van der Waals surface area (Å²) in [4.78, 5) is 2.67. The normalized spacial score (nSPS) is 21.6. The number of para-hydroxylation sites is 1. The second kappa shape index (κ2) is 4.13. The lowest BCUT2D eigenvalue weighted by Gasteiger charge is -2.36. The van der Waals surface area contributed by atoms with Crippen LogP contribution in [-0.4, -0.2) is 24.0 Å². The van der Waals surface area contributed by atoms with Gasteiger partial charge in [-0.2, -0.15) is 0 Å². The van der Waals surface area contributed by atoms with Crippen molar-refractivity contribution in [1.82, 2.24) is 4.90 Å². The van der Waals surface area contributed by atoms with Crippen LogP contribution in [0.2, 0.25) is 0 Å². The smallest absolute Gasteiger partial charge is 0.134 e. The number of rotatable bonds is 1. The molecule has 18 heavy (non-hydrogen) atoms. The molecular weight excluding hydrogens is 222 g/mol. The van der Waals surface area contributed by atoms with Crippen molar-refractivity contribution in [2.45, 2.75) is 38.1 Å². The van der Waals surface area contributed by atoms with Crippen LogP contribution in [0, 0.1) is 0 Å². The average molecular weight is 241 g/mol. The monoisotopic (exact) mass is 241 g/mol. The molecule has 4 rings (SSSR count). The van der Waals surface area contributed by atoms with E-state index in [4.69, 9.17) is 4.42 Å². The van der Waals surface area contributed by atoms with Crippen LogP contribution in [0.3, 0.4) is 0 Å². The Morgan fingerprint density at radius 1 is 1.06 bits per heavy atom. The van der Waals surface area contributed by atoms with E-state index < -0.39 is 0 Å². The van der Waals surface area contributed by atoms with Crippen molar-refractivity contribution in [3.05, 3.63) is 35.6 Å². The van der Waals surface area contributed by atoms with Gasteiger partial charge in [0.25, 0.3) is 0 Å². The van der Waals surface area contributed by atoms with Gasteiger partial charge in [-0.1, -0.05) is 24.6 Å². The number of benzene rings is 1. The van der Waals surface area contributed by atoms with Gasteiger partial charge >= 0.3 is 0 Å². The summed E-state index contributed by atoms with van der Waals surface area (Å²) in [5.74, 6) is 1.23. The Kier molecular flexibility index (Phi) is 2.44. The Balaban J connectivity index is 1.65. The third kappa shape index (κ3) is 1.59. The topological polar surface area (TPSA) is 16.4 Å². The van der Waals surface area contributed by atoms with Crippen molar-refractivity contribution in [3.8, 4) is 0 Å². The van der Waals surface area contributed by atoms with E-state index >= 15 is 0 Å². The Bertz CT molecular complexity index is 567. The van der Waals surface area contributed by atoms with Crippen LogP contribution in [0.4, 0.5) is 0 Å². The third-order valence-electron chi connectivity index (χ3n) is 4.65. The van der Waals surface area contributed by atoms with Gasteiger partial charge in [-0.3, -0.25) is 4.90 Å². The summed E-state index contributed by atoms with van der Waals surface area (Å²) < 4.78 is 6.02. The quantitative estimate of drug-likeness (QED) is 0.761. The van der Waals surface area contributed by atoms with Gasteiger partial charge in [0.05, 0.1) is 0 Å². The molecule has 0 saturated heterocycles. The highest BCUT2D eigenvalue weighted by Gasteiger charge is 2.27. The van der Waals surface area contributed by atoms with Crippen LogP contribution in [-0.2, 0) is 12.8 Å². The molecule has 2 heteroatoms. The predicted octanol–water partition coefficient (Wildman–Crippen LogP) is 3.39. The lowest BCUT2D eigenvalue weighted by atomic mass is 9.91. The highest BCUT2D eigenvalue weighted by atomic mass is 16.3. The molecule has 0 N–H and O–H groups in total. The number of furan rings is 1. The van der Waals surface area contributed by atoms with Crippen LogP contribution < -0.4 is 0 Å². The molecule has 1 aliphatic heterocycles. The number of hydrogen-bond donors (Lipinski definition) is 0. The first-order valence-corrected chi connectivity index (χ1v) is 7.15. The maximum absolute atomic E-state index is 6.02. The highest BCUT2D eigenvalue weighted by molar-refractivity contribution is 5.82. The van der Waals surface area contributed by atoms with E-state index in [0.29, 0.717) is 0 Å². The van der Waals surface area contributed by atoms with Crippen LogP contribution in [0.5, 0.6) is 0 Å². The molecule has 0 radical (unpaired) electrons. The molecule has 0 atom stereocenters. The van der Waals surface area contributed by atoms with Crippen molar-refractivity contribution < 1.29 is 4.42 Å². The summed E-state index contributed by atoms with van der Waals surface area (Å²) in [6.07, 6.45) is 6.47. The molecule has 2 aliphatic rings. The molecular formula is C16H19NO. The number of hydrogen-bond acceptors (Lipinski definition) is 2. The zero-order chi connectivity index (χ0) is 11.9. The second-order valence-corrected chi connectivity index (χ2v) is 5.62. The van der Waals surface area contributed by atoms with Crippen LogP contribution >= 0.6 is 0 Å². The van der Waals surface area contributed by atoms with Crippen molar-refractivity contribution in [1.29, 1.82) is 0 Å². The summed E-state index contributed by atoms with van der Waals surface area (Å²) in [5.41, 5.74) is 2.53. The van der Waals surface area contributed by atoms with Crippen molar-refractivity contribution >= 4 is 11.0 Å². The average Bonchev–Trinajstić information content (AvgIpc) is 2.56. The van der Waals surface area contributed by atoms with E-state index in [1.165, 1.54) is 49.1 Å². The zero-order valence-corrected chi connectivity index (χ0v) is 10.7. The first-order valence-electron chi connectivity index (χ1n) is 7.15. The van der Waals surface area contributed by atoms with Crippen molar-refractivity contribution in [2.24, 2.45) is 0 Å². The molecule has 1 saturated carbocycles. The van der Waals surface area contributed by atoms with Gasteiger partial charge in [0, 0.05) is 36.5 Å². The summed E-state index contributed by atoms with van der Waals surface area (Å²) in [5, 5.41) is 1.34. The van der Waals surface area contributed by atoms with E-state index in [-0.39, 0.29) is 0 Å². The standard InChI is InChI=1S/C16H19NO/c1-2-7-15-13(6-1)14-8-10-17(12-4-3-5-12)11-9-16(14)18-15/h1-2,6-7,12H,3-5,8-11H2. The number of fused-ring (bicyclic) bond motifs is 3. The molecule has 1 fully saturated rings. The Labute approximate surface area is 108 Å². The summed E-state index contributed by atoms with van der Waals surface area (Å²) >= 11 is 0. The van der Waals surface area contributed by atoms with Crippen molar-refractivity contribution in [2.75, 3.05) is 13.1 Å².